The first-order valence-corrected chi connectivity index (χ1v) is 8.14. The SMILES string of the molecule is COc1ccc(F)cc1C(=O)CSc1nnnn1-c1ccc(O)cc1. The topological polar surface area (TPSA) is 90.1 Å². The Morgan fingerprint density at radius 1 is 1.28 bits per heavy atom. The lowest BCUT2D eigenvalue weighted by Crippen LogP contribution is -2.07. The number of aromatic hydroxyl groups is 1. The molecule has 0 bridgehead atoms. The van der Waals surface area contributed by atoms with Crippen molar-refractivity contribution in [2.24, 2.45) is 0 Å². The normalized spacial score (nSPS) is 10.6. The number of phenols is 1. The number of hydrogen-bond donors (Lipinski definition) is 1. The van der Waals surface area contributed by atoms with E-state index in [9.17, 15) is 14.3 Å². The van der Waals surface area contributed by atoms with Crippen LogP contribution in [0.25, 0.3) is 5.69 Å². The Bertz CT molecular complexity index is 899. The standard InChI is InChI=1S/C16H13FN4O3S/c1-24-15-7-2-10(17)8-13(15)14(23)9-25-16-18-19-20-21(16)11-3-5-12(22)6-4-11/h2-8,22H,9H2,1H3. The lowest BCUT2D eigenvalue weighted by atomic mass is 10.1. The number of hydrogen-bond acceptors (Lipinski definition) is 7. The molecule has 0 saturated carbocycles. The monoisotopic (exact) mass is 360 g/mol. The van der Waals surface area contributed by atoms with Gasteiger partial charge in [-0.15, -0.1) is 5.10 Å². The first-order valence-electron chi connectivity index (χ1n) is 7.16. The van der Waals surface area contributed by atoms with Gasteiger partial charge in [-0.2, -0.15) is 4.68 Å². The van der Waals surface area contributed by atoms with Gasteiger partial charge < -0.3 is 9.84 Å². The van der Waals surface area contributed by atoms with Gasteiger partial charge in [0.15, 0.2) is 5.78 Å². The van der Waals surface area contributed by atoms with Crippen LogP contribution in [-0.2, 0) is 0 Å². The fraction of sp³-hybridized carbons (Fsp3) is 0.125. The molecule has 0 spiro atoms. The van der Waals surface area contributed by atoms with Crippen molar-refractivity contribution in [3.63, 3.8) is 0 Å². The summed E-state index contributed by atoms with van der Waals surface area (Å²) in [4.78, 5) is 12.4. The molecule has 25 heavy (non-hydrogen) atoms. The highest BCUT2D eigenvalue weighted by atomic mass is 32.2. The van der Waals surface area contributed by atoms with Gasteiger partial charge in [-0.3, -0.25) is 4.79 Å². The molecule has 0 amide bonds. The van der Waals surface area contributed by atoms with E-state index in [1.165, 1.54) is 36.1 Å². The van der Waals surface area contributed by atoms with Gasteiger partial charge in [0.05, 0.1) is 24.1 Å². The number of nitrogens with zero attached hydrogens (tertiary/aromatic N) is 4. The summed E-state index contributed by atoms with van der Waals surface area (Å²) in [6.45, 7) is 0. The number of ether oxygens (including phenoxy) is 1. The van der Waals surface area contributed by atoms with Crippen molar-refractivity contribution in [3.05, 3.63) is 53.8 Å². The first-order chi connectivity index (χ1) is 12.1. The van der Waals surface area contributed by atoms with Crippen LogP contribution in [0.1, 0.15) is 10.4 Å². The van der Waals surface area contributed by atoms with E-state index >= 15 is 0 Å². The zero-order valence-electron chi connectivity index (χ0n) is 13.1. The van der Waals surface area contributed by atoms with Crippen molar-refractivity contribution < 1.29 is 19.0 Å². The van der Waals surface area contributed by atoms with E-state index in [0.29, 0.717) is 16.6 Å². The molecule has 7 nitrogen and oxygen atoms in total. The van der Waals surface area contributed by atoms with Gasteiger partial charge in [0.1, 0.15) is 17.3 Å². The van der Waals surface area contributed by atoms with Gasteiger partial charge in [0.2, 0.25) is 5.16 Å². The van der Waals surface area contributed by atoms with Crippen LogP contribution in [0, 0.1) is 5.82 Å². The third-order valence-electron chi connectivity index (χ3n) is 3.33. The molecule has 0 atom stereocenters. The van der Waals surface area contributed by atoms with Gasteiger partial charge in [0.25, 0.3) is 0 Å². The molecule has 0 aliphatic rings. The van der Waals surface area contributed by atoms with Crippen LogP contribution < -0.4 is 4.74 Å². The molecular weight excluding hydrogens is 347 g/mol. The molecule has 0 aliphatic carbocycles. The molecule has 0 fully saturated rings. The summed E-state index contributed by atoms with van der Waals surface area (Å²) in [5.74, 6) is -0.368. The molecule has 0 radical (unpaired) electrons. The number of carbonyl (C=O) groups is 1. The quantitative estimate of drug-likeness (QED) is 0.533. The third-order valence-corrected chi connectivity index (χ3v) is 4.25. The number of methoxy groups -OCH3 is 1. The predicted molar refractivity (Wildman–Crippen MR) is 88.8 cm³/mol. The maximum atomic E-state index is 13.4. The second-order valence-corrected chi connectivity index (χ2v) is 5.89. The van der Waals surface area contributed by atoms with E-state index < -0.39 is 5.82 Å². The largest absolute Gasteiger partial charge is 0.508 e. The molecule has 1 aromatic heterocycles. The Morgan fingerprint density at radius 3 is 2.76 bits per heavy atom. The lowest BCUT2D eigenvalue weighted by Gasteiger charge is -2.08. The van der Waals surface area contributed by atoms with E-state index in [2.05, 4.69) is 15.5 Å². The summed E-state index contributed by atoms with van der Waals surface area (Å²) in [5.41, 5.74) is 0.805. The number of halogens is 1. The van der Waals surface area contributed by atoms with Crippen molar-refractivity contribution in [1.82, 2.24) is 20.2 Å². The van der Waals surface area contributed by atoms with Crippen molar-refractivity contribution in [3.8, 4) is 17.2 Å². The number of aromatic nitrogens is 4. The van der Waals surface area contributed by atoms with E-state index in [-0.39, 0.29) is 22.8 Å². The van der Waals surface area contributed by atoms with Crippen LogP contribution in [0.15, 0.2) is 47.6 Å². The maximum Gasteiger partial charge on any atom is 0.214 e. The fourth-order valence-corrected chi connectivity index (χ4v) is 2.90. The number of Topliss-reactive ketones (excluding diaryl/α,β-unsaturated/α-hetero) is 1. The number of thioether (sulfide) groups is 1. The van der Waals surface area contributed by atoms with Crippen molar-refractivity contribution in [2.75, 3.05) is 12.9 Å². The number of rotatable bonds is 6. The molecule has 0 unspecified atom stereocenters. The highest BCUT2D eigenvalue weighted by molar-refractivity contribution is 7.99. The van der Waals surface area contributed by atoms with E-state index in [1.54, 1.807) is 12.1 Å². The summed E-state index contributed by atoms with van der Waals surface area (Å²) >= 11 is 1.12. The second kappa shape index (κ2) is 7.31. The Hall–Kier alpha value is -2.94. The Balaban J connectivity index is 1.77. The minimum absolute atomic E-state index is 0.0122. The van der Waals surface area contributed by atoms with Gasteiger partial charge >= 0.3 is 0 Å². The summed E-state index contributed by atoms with van der Waals surface area (Å²) in [7, 11) is 1.42. The molecular formula is C16H13FN4O3S. The summed E-state index contributed by atoms with van der Waals surface area (Å²) in [6, 6.07) is 10.1. The van der Waals surface area contributed by atoms with Gasteiger partial charge in [-0.25, -0.2) is 4.39 Å². The molecule has 1 N–H and O–H groups in total. The molecule has 128 valence electrons. The summed E-state index contributed by atoms with van der Waals surface area (Å²) < 4.78 is 19.9. The summed E-state index contributed by atoms with van der Waals surface area (Å²) in [6.07, 6.45) is 0. The number of ketones is 1. The molecule has 0 aliphatic heterocycles. The van der Waals surface area contributed by atoms with Gasteiger partial charge in [-0.1, -0.05) is 11.8 Å². The van der Waals surface area contributed by atoms with Crippen molar-refractivity contribution in [1.29, 1.82) is 0 Å². The second-order valence-electron chi connectivity index (χ2n) is 4.95. The summed E-state index contributed by atoms with van der Waals surface area (Å²) in [5, 5.41) is 21.1. The number of benzene rings is 2. The van der Waals surface area contributed by atoms with Crippen LogP contribution in [-0.4, -0.2) is 44.0 Å². The van der Waals surface area contributed by atoms with Crippen LogP contribution in [0.3, 0.4) is 0 Å². The highest BCUT2D eigenvalue weighted by Gasteiger charge is 2.16. The molecule has 1 heterocycles. The zero-order chi connectivity index (χ0) is 17.8. The van der Waals surface area contributed by atoms with Crippen LogP contribution in [0.2, 0.25) is 0 Å². The smallest absolute Gasteiger partial charge is 0.214 e. The van der Waals surface area contributed by atoms with Gasteiger partial charge in [-0.05, 0) is 52.9 Å². The Morgan fingerprint density at radius 2 is 2.04 bits per heavy atom. The molecule has 3 aromatic rings. The van der Waals surface area contributed by atoms with Crippen molar-refractivity contribution in [2.45, 2.75) is 5.16 Å². The molecule has 9 heteroatoms. The van der Waals surface area contributed by atoms with Crippen LogP contribution in [0.4, 0.5) is 4.39 Å². The predicted octanol–water partition coefficient (Wildman–Crippen LogP) is 2.49. The van der Waals surface area contributed by atoms with Crippen LogP contribution in [0.5, 0.6) is 11.5 Å². The van der Waals surface area contributed by atoms with Crippen LogP contribution >= 0.6 is 11.8 Å². The molecule has 3 rings (SSSR count). The maximum absolute atomic E-state index is 13.4. The van der Waals surface area contributed by atoms with E-state index in [1.807, 2.05) is 0 Å². The number of phenolic OH excluding ortho intramolecular Hbond substituents is 1. The van der Waals surface area contributed by atoms with E-state index in [4.69, 9.17) is 4.74 Å². The zero-order valence-corrected chi connectivity index (χ0v) is 13.9. The first kappa shape index (κ1) is 16.9. The third kappa shape index (κ3) is 3.77. The molecule has 0 saturated heterocycles. The minimum atomic E-state index is -0.511. The Labute approximate surface area is 146 Å². The highest BCUT2D eigenvalue weighted by Crippen LogP contribution is 2.24. The fourth-order valence-electron chi connectivity index (χ4n) is 2.13. The van der Waals surface area contributed by atoms with Gasteiger partial charge in [0, 0.05) is 0 Å². The number of tetrazole rings is 1. The average molecular weight is 360 g/mol. The van der Waals surface area contributed by atoms with E-state index in [0.717, 1.165) is 17.8 Å². The average Bonchev–Trinajstić information content (AvgIpc) is 3.09. The van der Waals surface area contributed by atoms with Crippen molar-refractivity contribution >= 4 is 17.5 Å². The minimum Gasteiger partial charge on any atom is -0.508 e. The molecule has 2 aromatic carbocycles. The number of carbonyl (C=O) groups excluding carboxylic acids is 1. The lowest BCUT2D eigenvalue weighted by molar-refractivity contribution is 0.101. The Kier molecular flexibility index (Phi) is 4.94.